The molecule has 0 aliphatic rings. The van der Waals surface area contributed by atoms with Crippen molar-refractivity contribution >= 4 is 29.3 Å². The van der Waals surface area contributed by atoms with Crippen LogP contribution in [0.3, 0.4) is 0 Å². The summed E-state index contributed by atoms with van der Waals surface area (Å²) in [7, 11) is 0. The Morgan fingerprint density at radius 2 is 2.21 bits per heavy atom. The van der Waals surface area contributed by atoms with Gasteiger partial charge in [-0.1, -0.05) is 11.6 Å². The molecule has 0 fully saturated rings. The summed E-state index contributed by atoms with van der Waals surface area (Å²) in [5.41, 5.74) is 0.732. The minimum Gasteiger partial charge on any atom is -0.481 e. The van der Waals surface area contributed by atoms with Crippen molar-refractivity contribution in [1.82, 2.24) is 5.32 Å². The molecule has 1 aromatic rings. The van der Waals surface area contributed by atoms with Crippen molar-refractivity contribution in [2.75, 3.05) is 5.32 Å². The topological polar surface area (TPSA) is 102 Å². The number of amides is 2. The first-order valence-electron chi connectivity index (χ1n) is 5.41. The molecule has 0 spiro atoms. The van der Waals surface area contributed by atoms with Crippen molar-refractivity contribution in [2.24, 2.45) is 0 Å². The maximum Gasteiger partial charge on any atom is 0.319 e. The molecule has 0 aliphatic heterocycles. The number of nitrogens with one attached hydrogen (secondary N) is 2. The molecule has 0 saturated carbocycles. The van der Waals surface area contributed by atoms with E-state index in [0.29, 0.717) is 11.3 Å². The molecule has 100 valence electrons. The second-order valence-electron chi connectivity index (χ2n) is 3.90. The third-order valence-corrected chi connectivity index (χ3v) is 2.52. The van der Waals surface area contributed by atoms with Crippen LogP contribution in [0, 0.1) is 11.3 Å². The summed E-state index contributed by atoms with van der Waals surface area (Å²) >= 11 is 5.89. The number of carbonyl (C=O) groups is 2. The summed E-state index contributed by atoms with van der Waals surface area (Å²) in [6.45, 7) is 1.58. The highest BCUT2D eigenvalue weighted by Gasteiger charge is 2.12. The van der Waals surface area contributed by atoms with Crippen molar-refractivity contribution in [3.8, 4) is 6.07 Å². The maximum absolute atomic E-state index is 11.6. The Balaban J connectivity index is 2.62. The van der Waals surface area contributed by atoms with Crippen LogP contribution < -0.4 is 10.6 Å². The molecule has 1 unspecified atom stereocenters. The van der Waals surface area contributed by atoms with Crippen molar-refractivity contribution in [3.63, 3.8) is 0 Å². The smallest absolute Gasteiger partial charge is 0.319 e. The lowest BCUT2D eigenvalue weighted by Gasteiger charge is -2.13. The normalized spacial score (nSPS) is 11.2. The monoisotopic (exact) mass is 281 g/mol. The van der Waals surface area contributed by atoms with Crippen LogP contribution in [0.25, 0.3) is 0 Å². The molecule has 0 aromatic heterocycles. The zero-order valence-corrected chi connectivity index (χ0v) is 10.9. The van der Waals surface area contributed by atoms with E-state index in [0.717, 1.165) is 0 Å². The second-order valence-corrected chi connectivity index (χ2v) is 4.31. The number of urea groups is 1. The van der Waals surface area contributed by atoms with E-state index in [-0.39, 0.29) is 11.4 Å². The molecule has 3 N–H and O–H groups in total. The van der Waals surface area contributed by atoms with Crippen molar-refractivity contribution < 1.29 is 14.7 Å². The number of carbonyl (C=O) groups excluding carboxylic acids is 1. The molecule has 6 nitrogen and oxygen atoms in total. The number of aliphatic carboxylic acids is 1. The van der Waals surface area contributed by atoms with E-state index in [1.54, 1.807) is 6.92 Å². The number of hydrogen-bond donors (Lipinski definition) is 3. The third-order valence-electron chi connectivity index (χ3n) is 2.20. The summed E-state index contributed by atoms with van der Waals surface area (Å²) in [4.78, 5) is 22.0. The van der Waals surface area contributed by atoms with Gasteiger partial charge in [-0.3, -0.25) is 4.79 Å². The van der Waals surface area contributed by atoms with Gasteiger partial charge in [0.15, 0.2) is 0 Å². The van der Waals surface area contributed by atoms with Crippen molar-refractivity contribution in [3.05, 3.63) is 28.8 Å². The van der Waals surface area contributed by atoms with Crippen LogP contribution in [-0.2, 0) is 4.79 Å². The van der Waals surface area contributed by atoms with Gasteiger partial charge in [-0.05, 0) is 25.1 Å². The standard InChI is InChI=1S/C12H12ClN3O3/c1-7(4-11(17)18)15-12(19)16-10-3-2-8(6-14)5-9(10)13/h2-3,5,7H,4H2,1H3,(H,17,18)(H2,15,16,19). The van der Waals surface area contributed by atoms with Crippen LogP contribution in [-0.4, -0.2) is 23.1 Å². The molecule has 0 saturated heterocycles. The first-order valence-corrected chi connectivity index (χ1v) is 5.79. The van der Waals surface area contributed by atoms with Crippen LogP contribution in [0.15, 0.2) is 18.2 Å². The lowest BCUT2D eigenvalue weighted by molar-refractivity contribution is -0.137. The highest BCUT2D eigenvalue weighted by molar-refractivity contribution is 6.33. The Morgan fingerprint density at radius 1 is 1.53 bits per heavy atom. The molecular formula is C12H12ClN3O3. The van der Waals surface area contributed by atoms with Gasteiger partial charge in [0.2, 0.25) is 0 Å². The van der Waals surface area contributed by atoms with Crippen LogP contribution in [0.1, 0.15) is 18.9 Å². The van der Waals surface area contributed by atoms with E-state index in [9.17, 15) is 9.59 Å². The molecule has 0 bridgehead atoms. The van der Waals surface area contributed by atoms with Crippen molar-refractivity contribution in [2.45, 2.75) is 19.4 Å². The van der Waals surface area contributed by atoms with Gasteiger partial charge < -0.3 is 15.7 Å². The molecule has 0 heterocycles. The summed E-state index contributed by atoms with van der Waals surface area (Å²) in [5, 5.41) is 22.4. The van der Waals surface area contributed by atoms with Gasteiger partial charge in [0.1, 0.15) is 0 Å². The van der Waals surface area contributed by atoms with E-state index >= 15 is 0 Å². The van der Waals surface area contributed by atoms with Crippen LogP contribution in [0.2, 0.25) is 5.02 Å². The highest BCUT2D eigenvalue weighted by Crippen LogP contribution is 2.22. The van der Waals surface area contributed by atoms with Gasteiger partial charge >= 0.3 is 12.0 Å². The molecule has 1 rings (SSSR count). The first kappa shape index (κ1) is 14.8. The summed E-state index contributed by atoms with van der Waals surface area (Å²) < 4.78 is 0. The molecule has 0 radical (unpaired) electrons. The number of carboxylic acids is 1. The summed E-state index contributed by atoms with van der Waals surface area (Å²) in [5.74, 6) is -0.996. The number of nitrogens with zero attached hydrogens (tertiary/aromatic N) is 1. The molecule has 1 atom stereocenters. The average Bonchev–Trinajstić information content (AvgIpc) is 2.30. The Labute approximate surface area is 115 Å². The zero-order valence-electron chi connectivity index (χ0n) is 10.1. The fraction of sp³-hybridized carbons (Fsp3) is 0.250. The summed E-state index contributed by atoms with van der Waals surface area (Å²) in [6, 6.07) is 5.31. The molecule has 2 amide bonds. The predicted octanol–water partition coefficient (Wildman–Crippen LogP) is 2.20. The predicted molar refractivity (Wildman–Crippen MR) is 70.0 cm³/mol. The lowest BCUT2D eigenvalue weighted by Crippen LogP contribution is -2.37. The SMILES string of the molecule is CC(CC(=O)O)NC(=O)Nc1ccc(C#N)cc1Cl. The minimum absolute atomic E-state index is 0.172. The molecule has 19 heavy (non-hydrogen) atoms. The van der Waals surface area contributed by atoms with E-state index < -0.39 is 18.0 Å². The van der Waals surface area contributed by atoms with Crippen LogP contribution in [0.4, 0.5) is 10.5 Å². The fourth-order valence-electron chi connectivity index (χ4n) is 1.38. The number of hydrogen-bond acceptors (Lipinski definition) is 3. The van der Waals surface area contributed by atoms with Gasteiger partial charge in [-0.15, -0.1) is 0 Å². The number of rotatable bonds is 4. The average molecular weight is 282 g/mol. The Kier molecular flexibility index (Phi) is 5.15. The fourth-order valence-corrected chi connectivity index (χ4v) is 1.61. The largest absolute Gasteiger partial charge is 0.481 e. The van der Waals surface area contributed by atoms with Gasteiger partial charge in [0.05, 0.1) is 28.8 Å². The summed E-state index contributed by atoms with van der Waals surface area (Å²) in [6.07, 6.45) is -0.172. The van der Waals surface area contributed by atoms with Crippen molar-refractivity contribution in [1.29, 1.82) is 5.26 Å². The van der Waals surface area contributed by atoms with Gasteiger partial charge in [-0.2, -0.15) is 5.26 Å². The van der Waals surface area contributed by atoms with Gasteiger partial charge in [-0.25, -0.2) is 4.79 Å². The Morgan fingerprint density at radius 3 is 2.74 bits per heavy atom. The minimum atomic E-state index is -0.996. The number of anilines is 1. The van der Waals surface area contributed by atoms with E-state index in [1.807, 2.05) is 6.07 Å². The highest BCUT2D eigenvalue weighted by atomic mass is 35.5. The number of nitriles is 1. The lowest BCUT2D eigenvalue weighted by atomic mass is 10.2. The van der Waals surface area contributed by atoms with E-state index in [1.165, 1.54) is 18.2 Å². The second kappa shape index (κ2) is 6.61. The first-order chi connectivity index (χ1) is 8.92. The van der Waals surface area contributed by atoms with Gasteiger partial charge in [0, 0.05) is 6.04 Å². The number of carboxylic acid groups (broad SMARTS) is 1. The van der Waals surface area contributed by atoms with Gasteiger partial charge in [0.25, 0.3) is 0 Å². The maximum atomic E-state index is 11.6. The number of halogens is 1. The van der Waals surface area contributed by atoms with E-state index in [2.05, 4.69) is 10.6 Å². The quantitative estimate of drug-likeness (QED) is 0.787. The molecule has 1 aromatic carbocycles. The molecular weight excluding hydrogens is 270 g/mol. The van der Waals surface area contributed by atoms with E-state index in [4.69, 9.17) is 22.0 Å². The van der Waals surface area contributed by atoms with Crippen LogP contribution in [0.5, 0.6) is 0 Å². The molecule has 7 heteroatoms. The van der Waals surface area contributed by atoms with Crippen LogP contribution >= 0.6 is 11.6 Å². The Bertz CT molecular complexity index is 540. The third kappa shape index (κ3) is 4.85. The zero-order chi connectivity index (χ0) is 14.4. The number of benzene rings is 1. The molecule has 0 aliphatic carbocycles. The Hall–Kier alpha value is -2.26.